The number of carbonyl (C=O) groups excluding carboxylic acids is 1. The van der Waals surface area contributed by atoms with E-state index in [2.05, 4.69) is 16.6 Å². The second kappa shape index (κ2) is 5.97. The number of carbonyl (C=O) groups is 1. The molecule has 1 heterocycles. The molecule has 13 heavy (non-hydrogen) atoms. The third-order valence-corrected chi connectivity index (χ3v) is 2.72. The molecular formula is C10H19NO2. The molecule has 1 atom stereocenters. The largest absolute Gasteiger partial charge is 0.468 e. The van der Waals surface area contributed by atoms with Crippen LogP contribution in [0.3, 0.4) is 0 Å². The van der Waals surface area contributed by atoms with E-state index in [0.29, 0.717) is 19.1 Å². The van der Waals surface area contributed by atoms with Gasteiger partial charge in [0.2, 0.25) is 0 Å². The fourth-order valence-electron chi connectivity index (χ4n) is 1.89. The Morgan fingerprint density at radius 3 is 3.08 bits per heavy atom. The molecule has 0 radical (unpaired) electrons. The van der Waals surface area contributed by atoms with Gasteiger partial charge in [-0.25, -0.2) is 0 Å². The van der Waals surface area contributed by atoms with E-state index in [1.165, 1.54) is 25.8 Å². The fourth-order valence-corrected chi connectivity index (χ4v) is 1.89. The maximum Gasteiger partial charge on any atom is 0.293 e. The van der Waals surface area contributed by atoms with E-state index in [1.807, 2.05) is 0 Å². The summed E-state index contributed by atoms with van der Waals surface area (Å²) >= 11 is 0. The summed E-state index contributed by atoms with van der Waals surface area (Å²) in [6.45, 7) is 5.64. The van der Waals surface area contributed by atoms with Crippen molar-refractivity contribution in [3.05, 3.63) is 0 Å². The average molecular weight is 185 g/mol. The van der Waals surface area contributed by atoms with Gasteiger partial charge in [-0.15, -0.1) is 0 Å². The molecule has 0 aliphatic carbocycles. The maximum absolute atomic E-state index is 9.88. The van der Waals surface area contributed by atoms with Crippen LogP contribution in [-0.2, 0) is 9.53 Å². The molecule has 1 rings (SSSR count). The van der Waals surface area contributed by atoms with Gasteiger partial charge in [-0.3, -0.25) is 4.79 Å². The lowest BCUT2D eigenvalue weighted by atomic mass is 10.0. The number of hydrogen-bond acceptors (Lipinski definition) is 3. The van der Waals surface area contributed by atoms with Gasteiger partial charge in [0.15, 0.2) is 0 Å². The minimum absolute atomic E-state index is 0.527. The molecule has 1 saturated heterocycles. The standard InChI is InChI=1S/C10H19NO2/c1-10-5-2-3-6-11(10)7-4-8-13-9-12/h9-10H,2-8H2,1H3. The molecule has 1 aliphatic rings. The average Bonchev–Trinajstić information content (AvgIpc) is 2.15. The van der Waals surface area contributed by atoms with E-state index in [9.17, 15) is 4.79 Å². The van der Waals surface area contributed by atoms with Crippen molar-refractivity contribution < 1.29 is 9.53 Å². The van der Waals surface area contributed by atoms with Crippen molar-refractivity contribution in [1.29, 1.82) is 0 Å². The van der Waals surface area contributed by atoms with Gasteiger partial charge in [-0.05, 0) is 32.7 Å². The molecule has 0 aromatic carbocycles. The first-order chi connectivity index (χ1) is 6.34. The smallest absolute Gasteiger partial charge is 0.293 e. The summed E-state index contributed by atoms with van der Waals surface area (Å²) in [5.41, 5.74) is 0. The highest BCUT2D eigenvalue weighted by Gasteiger charge is 2.16. The molecule has 3 nitrogen and oxygen atoms in total. The Kier molecular flexibility index (Phi) is 4.83. The number of hydrogen-bond donors (Lipinski definition) is 0. The molecule has 0 aromatic heterocycles. The molecule has 3 heteroatoms. The Balaban J connectivity index is 2.08. The minimum Gasteiger partial charge on any atom is -0.468 e. The van der Waals surface area contributed by atoms with Crippen LogP contribution < -0.4 is 0 Å². The Morgan fingerprint density at radius 1 is 1.54 bits per heavy atom. The van der Waals surface area contributed by atoms with Gasteiger partial charge in [0.25, 0.3) is 6.47 Å². The Labute approximate surface area is 80.1 Å². The molecule has 0 spiro atoms. The lowest BCUT2D eigenvalue weighted by Crippen LogP contribution is -2.38. The Bertz CT molecular complexity index is 150. The molecule has 1 unspecified atom stereocenters. The van der Waals surface area contributed by atoms with Crippen molar-refractivity contribution in [3.63, 3.8) is 0 Å². The lowest BCUT2D eigenvalue weighted by molar-refractivity contribution is -0.128. The molecule has 1 fully saturated rings. The minimum atomic E-state index is 0.527. The first-order valence-electron chi connectivity index (χ1n) is 5.14. The Morgan fingerprint density at radius 2 is 2.38 bits per heavy atom. The van der Waals surface area contributed by atoms with Gasteiger partial charge in [0, 0.05) is 12.6 Å². The highest BCUT2D eigenvalue weighted by atomic mass is 16.5. The van der Waals surface area contributed by atoms with Crippen LogP contribution in [0.5, 0.6) is 0 Å². The summed E-state index contributed by atoms with van der Waals surface area (Å²) in [6.07, 6.45) is 4.96. The third kappa shape index (κ3) is 3.77. The van der Waals surface area contributed by atoms with Gasteiger partial charge >= 0.3 is 0 Å². The first-order valence-corrected chi connectivity index (χ1v) is 5.14. The highest BCUT2D eigenvalue weighted by molar-refractivity contribution is 5.36. The summed E-state index contributed by atoms with van der Waals surface area (Å²) < 4.78 is 4.65. The summed E-state index contributed by atoms with van der Waals surface area (Å²) in [6, 6.07) is 0.713. The van der Waals surface area contributed by atoms with Crippen LogP contribution in [0.2, 0.25) is 0 Å². The van der Waals surface area contributed by atoms with E-state index in [4.69, 9.17) is 0 Å². The maximum atomic E-state index is 9.88. The third-order valence-electron chi connectivity index (χ3n) is 2.72. The van der Waals surface area contributed by atoms with Gasteiger partial charge in [0.1, 0.15) is 0 Å². The highest BCUT2D eigenvalue weighted by Crippen LogP contribution is 2.16. The van der Waals surface area contributed by atoms with Crippen molar-refractivity contribution in [2.45, 2.75) is 38.6 Å². The summed E-state index contributed by atoms with van der Waals surface area (Å²) in [7, 11) is 0. The predicted octanol–water partition coefficient (Wildman–Crippen LogP) is 1.42. The normalized spacial score (nSPS) is 24.2. The van der Waals surface area contributed by atoms with Crippen LogP contribution in [0.15, 0.2) is 0 Å². The predicted molar refractivity (Wildman–Crippen MR) is 51.5 cm³/mol. The molecule has 0 saturated carbocycles. The molecule has 1 aliphatic heterocycles. The van der Waals surface area contributed by atoms with Gasteiger partial charge in [0.05, 0.1) is 6.61 Å². The first kappa shape index (κ1) is 10.5. The number of ether oxygens (including phenoxy) is 1. The molecule has 0 amide bonds. The number of rotatable bonds is 5. The van der Waals surface area contributed by atoms with Crippen molar-refractivity contribution >= 4 is 6.47 Å². The molecule has 0 aromatic rings. The number of nitrogens with zero attached hydrogens (tertiary/aromatic N) is 1. The second-order valence-electron chi connectivity index (χ2n) is 3.70. The van der Waals surface area contributed by atoms with Crippen LogP contribution in [0.4, 0.5) is 0 Å². The van der Waals surface area contributed by atoms with Crippen molar-refractivity contribution in [2.75, 3.05) is 19.7 Å². The monoisotopic (exact) mass is 185 g/mol. The van der Waals surface area contributed by atoms with E-state index in [0.717, 1.165) is 13.0 Å². The number of likely N-dealkylation sites (tertiary alicyclic amines) is 1. The van der Waals surface area contributed by atoms with Crippen LogP contribution >= 0.6 is 0 Å². The molecule has 76 valence electrons. The van der Waals surface area contributed by atoms with Crippen LogP contribution in [-0.4, -0.2) is 37.1 Å². The van der Waals surface area contributed by atoms with Crippen molar-refractivity contribution in [2.24, 2.45) is 0 Å². The zero-order chi connectivity index (χ0) is 9.52. The van der Waals surface area contributed by atoms with Gasteiger partial charge < -0.3 is 9.64 Å². The van der Waals surface area contributed by atoms with E-state index in [1.54, 1.807) is 0 Å². The lowest BCUT2D eigenvalue weighted by Gasteiger charge is -2.33. The van der Waals surface area contributed by atoms with E-state index in [-0.39, 0.29) is 0 Å². The SMILES string of the molecule is CC1CCCCN1CCCOC=O. The fraction of sp³-hybridized carbons (Fsp3) is 0.900. The second-order valence-corrected chi connectivity index (χ2v) is 3.70. The summed E-state index contributed by atoms with van der Waals surface area (Å²) in [5, 5.41) is 0. The van der Waals surface area contributed by atoms with Gasteiger partial charge in [-0.2, -0.15) is 0 Å². The molecular weight excluding hydrogens is 166 g/mol. The van der Waals surface area contributed by atoms with E-state index < -0.39 is 0 Å². The molecule has 0 bridgehead atoms. The number of piperidine rings is 1. The van der Waals surface area contributed by atoms with Crippen LogP contribution in [0.25, 0.3) is 0 Å². The zero-order valence-electron chi connectivity index (χ0n) is 8.37. The quantitative estimate of drug-likeness (QED) is 0.479. The van der Waals surface area contributed by atoms with Gasteiger partial charge in [-0.1, -0.05) is 6.42 Å². The zero-order valence-corrected chi connectivity index (χ0v) is 8.37. The topological polar surface area (TPSA) is 29.5 Å². The summed E-state index contributed by atoms with van der Waals surface area (Å²) in [4.78, 5) is 12.4. The van der Waals surface area contributed by atoms with E-state index >= 15 is 0 Å². The van der Waals surface area contributed by atoms with Crippen molar-refractivity contribution in [3.8, 4) is 0 Å². The van der Waals surface area contributed by atoms with Crippen LogP contribution in [0.1, 0.15) is 32.6 Å². The van der Waals surface area contributed by atoms with Crippen molar-refractivity contribution in [1.82, 2.24) is 4.90 Å². The van der Waals surface area contributed by atoms with Crippen LogP contribution in [0, 0.1) is 0 Å². The molecule has 0 N–H and O–H groups in total. The Hall–Kier alpha value is -0.570. The summed E-state index contributed by atoms with van der Waals surface area (Å²) in [5.74, 6) is 0.